The number of nitrogens with one attached hydrogen (secondary N) is 1. The summed E-state index contributed by atoms with van der Waals surface area (Å²) < 4.78 is 5.40. The molecule has 1 aromatic carbocycles. The number of hydrogen-bond acceptors (Lipinski definition) is 7. The molecule has 3 N–H and O–H groups in total. The predicted molar refractivity (Wildman–Crippen MR) is 121 cm³/mol. The molecule has 1 aliphatic heterocycles. The van der Waals surface area contributed by atoms with Crippen LogP contribution >= 0.6 is 24.8 Å². The van der Waals surface area contributed by atoms with Crippen LogP contribution in [0.2, 0.25) is 0 Å². The van der Waals surface area contributed by atoms with Gasteiger partial charge >= 0.3 is 0 Å². The van der Waals surface area contributed by atoms with E-state index in [2.05, 4.69) is 37.8 Å². The van der Waals surface area contributed by atoms with E-state index in [1.54, 1.807) is 4.80 Å². The molecule has 0 saturated carbocycles. The quantitative estimate of drug-likeness (QED) is 0.519. The van der Waals surface area contributed by atoms with E-state index in [0.29, 0.717) is 12.4 Å². The average molecular weight is 460 g/mol. The summed E-state index contributed by atoms with van der Waals surface area (Å²) in [6.07, 6.45) is 4.05. The zero-order valence-electron chi connectivity index (χ0n) is 17.0. The van der Waals surface area contributed by atoms with Crippen molar-refractivity contribution in [1.82, 2.24) is 25.5 Å². The second-order valence-corrected chi connectivity index (χ2v) is 6.82. The summed E-state index contributed by atoms with van der Waals surface area (Å²) in [6.45, 7) is 4.88. The van der Waals surface area contributed by atoms with Crippen molar-refractivity contribution in [2.45, 2.75) is 32.2 Å². The third-order valence-electron chi connectivity index (χ3n) is 4.75. The Hall–Kier alpha value is -1.94. The summed E-state index contributed by atoms with van der Waals surface area (Å²) in [4.78, 5) is 15.0. The van der Waals surface area contributed by atoms with E-state index in [1.807, 2.05) is 12.1 Å². The Morgan fingerprint density at radius 3 is 2.47 bits per heavy atom. The van der Waals surface area contributed by atoms with Gasteiger partial charge in [-0.3, -0.25) is 4.79 Å². The minimum absolute atomic E-state index is 0. The molecular formula is C19H31Cl2N7O2. The minimum Gasteiger partial charge on any atom is -0.378 e. The van der Waals surface area contributed by atoms with Gasteiger partial charge in [-0.2, -0.15) is 4.80 Å². The number of benzene rings is 1. The summed E-state index contributed by atoms with van der Waals surface area (Å²) >= 11 is 0. The molecule has 0 bridgehead atoms. The highest BCUT2D eigenvalue weighted by molar-refractivity contribution is 5.85. The lowest BCUT2D eigenvalue weighted by Gasteiger charge is -2.28. The van der Waals surface area contributed by atoms with Crippen LogP contribution in [-0.4, -0.2) is 65.5 Å². The van der Waals surface area contributed by atoms with Crippen LogP contribution < -0.4 is 16.0 Å². The van der Waals surface area contributed by atoms with E-state index in [1.165, 1.54) is 5.69 Å². The van der Waals surface area contributed by atoms with Crippen molar-refractivity contribution >= 4 is 36.4 Å². The zero-order valence-corrected chi connectivity index (χ0v) is 18.7. The first-order chi connectivity index (χ1) is 13.8. The smallest absolute Gasteiger partial charge is 0.233 e. The number of aryl methyl sites for hydroxylation is 1. The van der Waals surface area contributed by atoms with Crippen LogP contribution in [-0.2, 0) is 16.1 Å². The number of morpholine rings is 1. The normalized spacial score (nSPS) is 13.3. The van der Waals surface area contributed by atoms with Crippen LogP contribution in [0.3, 0.4) is 0 Å². The Morgan fingerprint density at radius 1 is 1.07 bits per heavy atom. The van der Waals surface area contributed by atoms with Crippen LogP contribution in [0, 0.1) is 0 Å². The number of rotatable bonds is 10. The molecule has 1 saturated heterocycles. The van der Waals surface area contributed by atoms with Crippen LogP contribution in [0.5, 0.6) is 0 Å². The number of unbranched alkanes of at least 4 members (excludes halogenated alkanes) is 3. The van der Waals surface area contributed by atoms with Crippen molar-refractivity contribution in [1.29, 1.82) is 0 Å². The fourth-order valence-electron chi connectivity index (χ4n) is 3.13. The van der Waals surface area contributed by atoms with Crippen molar-refractivity contribution in [3.8, 4) is 11.4 Å². The average Bonchev–Trinajstić information content (AvgIpc) is 3.22. The van der Waals surface area contributed by atoms with Crippen molar-refractivity contribution in [3.05, 3.63) is 24.3 Å². The van der Waals surface area contributed by atoms with Gasteiger partial charge in [-0.1, -0.05) is 12.8 Å². The summed E-state index contributed by atoms with van der Waals surface area (Å²) in [7, 11) is 0. The maximum Gasteiger partial charge on any atom is 0.233 e. The molecule has 0 radical (unpaired) electrons. The SMILES string of the molecule is Cl.Cl.NCC(=O)NCCCCCCn1nnc(-c2ccc(N3CCOCC3)cc2)n1. The van der Waals surface area contributed by atoms with Crippen LogP contribution in [0.25, 0.3) is 11.4 Å². The molecule has 0 unspecified atom stereocenters. The molecule has 0 atom stereocenters. The second kappa shape index (κ2) is 14.1. The number of hydrogen-bond donors (Lipinski definition) is 2. The van der Waals surface area contributed by atoms with Gasteiger partial charge in [-0.05, 0) is 42.3 Å². The third-order valence-corrected chi connectivity index (χ3v) is 4.75. The number of aromatic nitrogens is 4. The molecule has 2 aromatic rings. The number of carbonyl (C=O) groups is 1. The molecule has 2 heterocycles. The molecule has 1 amide bonds. The van der Waals surface area contributed by atoms with Crippen molar-refractivity contribution in [3.63, 3.8) is 0 Å². The van der Waals surface area contributed by atoms with Gasteiger partial charge in [-0.25, -0.2) is 0 Å². The molecule has 1 aliphatic rings. The van der Waals surface area contributed by atoms with Crippen LogP contribution in [0.4, 0.5) is 5.69 Å². The fourth-order valence-corrected chi connectivity index (χ4v) is 3.13. The minimum atomic E-state index is -0.0997. The first-order valence-corrected chi connectivity index (χ1v) is 9.94. The Balaban J connectivity index is 0.00000225. The Labute approximate surface area is 189 Å². The van der Waals surface area contributed by atoms with Crippen LogP contribution in [0.1, 0.15) is 25.7 Å². The summed E-state index contributed by atoms with van der Waals surface area (Å²) in [5.74, 6) is 0.551. The van der Waals surface area contributed by atoms with E-state index in [9.17, 15) is 4.79 Å². The molecule has 0 aliphatic carbocycles. The van der Waals surface area contributed by atoms with E-state index in [0.717, 1.165) is 64.1 Å². The molecule has 1 fully saturated rings. The van der Waals surface area contributed by atoms with Crippen LogP contribution in [0.15, 0.2) is 24.3 Å². The predicted octanol–water partition coefficient (Wildman–Crippen LogP) is 1.66. The van der Waals surface area contributed by atoms with Crippen molar-refractivity contribution in [2.75, 3.05) is 44.3 Å². The molecule has 0 spiro atoms. The van der Waals surface area contributed by atoms with Gasteiger partial charge < -0.3 is 20.7 Å². The highest BCUT2D eigenvalue weighted by Gasteiger charge is 2.12. The van der Waals surface area contributed by atoms with Gasteiger partial charge in [0.05, 0.1) is 26.3 Å². The van der Waals surface area contributed by atoms with Gasteiger partial charge in [0, 0.05) is 30.9 Å². The topological polar surface area (TPSA) is 111 Å². The van der Waals surface area contributed by atoms with E-state index in [4.69, 9.17) is 10.5 Å². The fraction of sp³-hybridized carbons (Fsp3) is 0.579. The molecule has 9 nitrogen and oxygen atoms in total. The standard InChI is InChI=1S/C19H29N7O2.2ClH/c20-15-18(27)21-9-3-1-2-4-10-26-23-19(22-24-26)16-5-7-17(8-6-16)25-11-13-28-14-12-25;;/h5-8H,1-4,9-15,20H2,(H,21,27);2*1H. The molecule has 3 rings (SSSR count). The van der Waals surface area contributed by atoms with Gasteiger partial charge in [-0.15, -0.1) is 35.0 Å². The number of carbonyl (C=O) groups excluding carboxylic acids is 1. The van der Waals surface area contributed by atoms with Crippen molar-refractivity contribution in [2.24, 2.45) is 5.73 Å². The Morgan fingerprint density at radius 2 is 1.77 bits per heavy atom. The number of ether oxygens (including phenoxy) is 1. The number of anilines is 1. The largest absolute Gasteiger partial charge is 0.378 e. The zero-order chi connectivity index (χ0) is 19.6. The lowest BCUT2D eigenvalue weighted by molar-refractivity contribution is -0.119. The summed E-state index contributed by atoms with van der Waals surface area (Å²) in [5.41, 5.74) is 7.41. The lowest BCUT2D eigenvalue weighted by Crippen LogP contribution is -2.36. The molecule has 30 heavy (non-hydrogen) atoms. The van der Waals surface area contributed by atoms with Gasteiger partial charge in [0.25, 0.3) is 0 Å². The summed E-state index contributed by atoms with van der Waals surface area (Å²) in [5, 5.41) is 15.6. The molecule has 11 heteroatoms. The van der Waals surface area contributed by atoms with E-state index in [-0.39, 0.29) is 37.3 Å². The van der Waals surface area contributed by atoms with Crippen molar-refractivity contribution < 1.29 is 9.53 Å². The highest BCUT2D eigenvalue weighted by Crippen LogP contribution is 2.21. The third kappa shape index (κ3) is 8.06. The van der Waals surface area contributed by atoms with E-state index < -0.39 is 0 Å². The number of nitrogens with zero attached hydrogens (tertiary/aromatic N) is 5. The number of amides is 1. The Bertz CT molecular complexity index is 737. The Kier molecular flexibility index (Phi) is 12.3. The maximum atomic E-state index is 11.0. The van der Waals surface area contributed by atoms with Gasteiger partial charge in [0.1, 0.15) is 0 Å². The van der Waals surface area contributed by atoms with Gasteiger partial charge in [0.2, 0.25) is 11.7 Å². The number of halogens is 2. The molecular weight excluding hydrogens is 429 g/mol. The van der Waals surface area contributed by atoms with Gasteiger partial charge in [0.15, 0.2) is 0 Å². The second-order valence-electron chi connectivity index (χ2n) is 6.82. The lowest BCUT2D eigenvalue weighted by atomic mass is 10.2. The van der Waals surface area contributed by atoms with E-state index >= 15 is 0 Å². The number of tetrazole rings is 1. The highest BCUT2D eigenvalue weighted by atomic mass is 35.5. The maximum absolute atomic E-state index is 11.0. The monoisotopic (exact) mass is 459 g/mol. The summed E-state index contributed by atoms with van der Waals surface area (Å²) in [6, 6.07) is 8.29. The molecule has 168 valence electrons. The first kappa shape index (κ1) is 26.1. The molecule has 1 aromatic heterocycles. The number of nitrogens with two attached hydrogens (primary N) is 1. The first-order valence-electron chi connectivity index (χ1n) is 9.94.